The number of hydrogen-bond acceptors (Lipinski definition) is 5. The van der Waals surface area contributed by atoms with Crippen molar-refractivity contribution in [3.63, 3.8) is 0 Å². The van der Waals surface area contributed by atoms with E-state index in [4.69, 9.17) is 18.9 Å². The molecule has 1 N–H and O–H groups in total. The van der Waals surface area contributed by atoms with Crippen LogP contribution in [0.1, 0.15) is 10.4 Å². The highest BCUT2D eigenvalue weighted by Gasteiger charge is 2.29. The van der Waals surface area contributed by atoms with E-state index in [1.807, 2.05) is 18.2 Å². The second-order valence-electron chi connectivity index (χ2n) is 4.54. The Morgan fingerprint density at radius 3 is 2.50 bits per heavy atom. The Morgan fingerprint density at radius 1 is 1.09 bits per heavy atom. The molecule has 6 heteroatoms. The SMILES string of the molecule is COc1cc(C(=O)Nc2ccccc2)c(OC)c2c1OCO2. The van der Waals surface area contributed by atoms with E-state index in [9.17, 15) is 4.79 Å². The van der Waals surface area contributed by atoms with Crippen molar-refractivity contribution in [2.75, 3.05) is 26.3 Å². The van der Waals surface area contributed by atoms with E-state index < -0.39 is 0 Å². The zero-order valence-electron chi connectivity index (χ0n) is 12.2. The average molecular weight is 301 g/mol. The zero-order valence-corrected chi connectivity index (χ0v) is 12.2. The highest BCUT2D eigenvalue weighted by atomic mass is 16.7. The lowest BCUT2D eigenvalue weighted by molar-refractivity contribution is 0.102. The highest BCUT2D eigenvalue weighted by Crippen LogP contribution is 2.49. The van der Waals surface area contributed by atoms with Gasteiger partial charge in [0.25, 0.3) is 5.91 Å². The zero-order chi connectivity index (χ0) is 15.5. The van der Waals surface area contributed by atoms with Crippen molar-refractivity contribution in [2.24, 2.45) is 0 Å². The molecule has 6 nitrogen and oxygen atoms in total. The Kier molecular flexibility index (Phi) is 3.74. The van der Waals surface area contributed by atoms with E-state index in [1.165, 1.54) is 14.2 Å². The number of ether oxygens (including phenoxy) is 4. The lowest BCUT2D eigenvalue weighted by atomic mass is 10.1. The Bertz CT molecular complexity index is 699. The summed E-state index contributed by atoms with van der Waals surface area (Å²) in [5.41, 5.74) is 0.999. The number of fused-ring (bicyclic) bond motifs is 1. The Morgan fingerprint density at radius 2 is 1.82 bits per heavy atom. The summed E-state index contributed by atoms with van der Waals surface area (Å²) in [6, 6.07) is 10.7. The molecule has 114 valence electrons. The Hall–Kier alpha value is -2.89. The van der Waals surface area contributed by atoms with E-state index in [0.717, 1.165) is 0 Å². The number of benzene rings is 2. The minimum absolute atomic E-state index is 0.0613. The molecule has 2 aromatic carbocycles. The maximum atomic E-state index is 12.5. The summed E-state index contributed by atoms with van der Waals surface area (Å²) in [6.45, 7) is 0.0613. The van der Waals surface area contributed by atoms with Crippen molar-refractivity contribution in [2.45, 2.75) is 0 Å². The van der Waals surface area contributed by atoms with E-state index >= 15 is 0 Å². The fraction of sp³-hybridized carbons (Fsp3) is 0.188. The van der Waals surface area contributed by atoms with E-state index in [1.54, 1.807) is 18.2 Å². The van der Waals surface area contributed by atoms with Crippen molar-refractivity contribution in [1.29, 1.82) is 0 Å². The Labute approximate surface area is 127 Å². The molecule has 0 fully saturated rings. The molecule has 0 spiro atoms. The topological polar surface area (TPSA) is 66.0 Å². The third kappa shape index (κ3) is 2.39. The summed E-state index contributed by atoms with van der Waals surface area (Å²) >= 11 is 0. The second-order valence-corrected chi connectivity index (χ2v) is 4.54. The predicted molar refractivity (Wildman–Crippen MR) is 80.1 cm³/mol. The second kappa shape index (κ2) is 5.85. The molecular formula is C16H15NO5. The number of rotatable bonds is 4. The van der Waals surface area contributed by atoms with E-state index in [0.29, 0.717) is 34.2 Å². The smallest absolute Gasteiger partial charge is 0.259 e. The van der Waals surface area contributed by atoms with Gasteiger partial charge in [-0.15, -0.1) is 0 Å². The minimum Gasteiger partial charge on any atom is -0.493 e. The quantitative estimate of drug-likeness (QED) is 0.940. The van der Waals surface area contributed by atoms with E-state index in [2.05, 4.69) is 5.32 Å². The molecule has 0 unspecified atom stereocenters. The van der Waals surface area contributed by atoms with Crippen LogP contribution in [0.3, 0.4) is 0 Å². The maximum absolute atomic E-state index is 12.5. The van der Waals surface area contributed by atoms with Crippen molar-refractivity contribution >= 4 is 11.6 Å². The van der Waals surface area contributed by atoms with E-state index in [-0.39, 0.29) is 12.7 Å². The van der Waals surface area contributed by atoms with Gasteiger partial charge in [-0.1, -0.05) is 18.2 Å². The standard InChI is InChI=1S/C16H15NO5/c1-19-12-8-11(13(20-2)15-14(12)21-9-22-15)16(18)17-10-6-4-3-5-7-10/h3-8H,9H2,1-2H3,(H,17,18). The van der Waals surface area contributed by atoms with Crippen LogP contribution in [0.15, 0.2) is 36.4 Å². The molecule has 1 aliphatic rings. The molecule has 0 atom stereocenters. The van der Waals surface area contributed by atoms with Crippen LogP contribution >= 0.6 is 0 Å². The van der Waals surface area contributed by atoms with Gasteiger partial charge in [-0.2, -0.15) is 0 Å². The predicted octanol–water partition coefficient (Wildman–Crippen LogP) is 2.68. The summed E-state index contributed by atoms with van der Waals surface area (Å²) in [7, 11) is 2.98. The number of methoxy groups -OCH3 is 2. The van der Waals surface area contributed by atoms with Crippen molar-refractivity contribution in [3.05, 3.63) is 42.0 Å². The van der Waals surface area contributed by atoms with Gasteiger partial charge >= 0.3 is 0 Å². The first-order valence-electron chi connectivity index (χ1n) is 6.65. The summed E-state index contributed by atoms with van der Waals surface area (Å²) < 4.78 is 21.3. The fourth-order valence-electron chi connectivity index (χ4n) is 2.26. The summed E-state index contributed by atoms with van der Waals surface area (Å²) in [6.07, 6.45) is 0. The lowest BCUT2D eigenvalue weighted by Gasteiger charge is -2.13. The number of anilines is 1. The van der Waals surface area contributed by atoms with Gasteiger partial charge in [-0.3, -0.25) is 4.79 Å². The number of para-hydroxylation sites is 1. The van der Waals surface area contributed by atoms with Gasteiger partial charge in [-0.05, 0) is 12.1 Å². The summed E-state index contributed by atoms with van der Waals surface area (Å²) in [5, 5.41) is 2.80. The normalized spacial score (nSPS) is 11.9. The number of hydrogen-bond donors (Lipinski definition) is 1. The number of carbonyl (C=O) groups is 1. The highest BCUT2D eigenvalue weighted by molar-refractivity contribution is 6.07. The summed E-state index contributed by atoms with van der Waals surface area (Å²) in [4.78, 5) is 12.5. The van der Waals surface area contributed by atoms with Gasteiger partial charge in [0.05, 0.1) is 19.8 Å². The van der Waals surface area contributed by atoms with Crippen molar-refractivity contribution in [1.82, 2.24) is 0 Å². The van der Waals surface area contributed by atoms with Crippen LogP contribution < -0.4 is 24.3 Å². The lowest BCUT2D eigenvalue weighted by Crippen LogP contribution is -2.13. The van der Waals surface area contributed by atoms with Gasteiger partial charge < -0.3 is 24.3 Å². The van der Waals surface area contributed by atoms with Gasteiger partial charge in [0.1, 0.15) is 0 Å². The monoisotopic (exact) mass is 301 g/mol. The molecule has 0 radical (unpaired) electrons. The molecule has 0 saturated carbocycles. The minimum atomic E-state index is -0.320. The van der Waals surface area contributed by atoms with Crippen LogP contribution in [0.2, 0.25) is 0 Å². The number of nitrogens with one attached hydrogen (secondary N) is 1. The van der Waals surface area contributed by atoms with Crippen LogP contribution in [0.4, 0.5) is 5.69 Å². The molecule has 1 amide bonds. The third-order valence-corrected chi connectivity index (χ3v) is 3.26. The van der Waals surface area contributed by atoms with Crippen LogP contribution in [0.5, 0.6) is 23.0 Å². The van der Waals surface area contributed by atoms with Crippen LogP contribution in [-0.2, 0) is 0 Å². The van der Waals surface area contributed by atoms with Crippen LogP contribution in [0.25, 0.3) is 0 Å². The largest absolute Gasteiger partial charge is 0.493 e. The van der Waals surface area contributed by atoms with Gasteiger partial charge in [-0.25, -0.2) is 0 Å². The average Bonchev–Trinajstić information content (AvgIpc) is 3.03. The Balaban J connectivity index is 2.01. The third-order valence-electron chi connectivity index (χ3n) is 3.26. The van der Waals surface area contributed by atoms with Crippen LogP contribution in [0, 0.1) is 0 Å². The molecule has 2 aromatic rings. The molecule has 1 aliphatic heterocycles. The maximum Gasteiger partial charge on any atom is 0.259 e. The van der Waals surface area contributed by atoms with Crippen molar-refractivity contribution < 1.29 is 23.7 Å². The molecular weight excluding hydrogens is 286 g/mol. The van der Waals surface area contributed by atoms with Gasteiger partial charge in [0, 0.05) is 11.8 Å². The first kappa shape index (κ1) is 14.1. The first-order valence-corrected chi connectivity index (χ1v) is 6.65. The molecule has 22 heavy (non-hydrogen) atoms. The van der Waals surface area contributed by atoms with Gasteiger partial charge in [0.2, 0.25) is 18.3 Å². The fourth-order valence-corrected chi connectivity index (χ4v) is 2.26. The van der Waals surface area contributed by atoms with Gasteiger partial charge in [0.15, 0.2) is 11.5 Å². The number of carbonyl (C=O) groups excluding carboxylic acids is 1. The first-order chi connectivity index (χ1) is 10.7. The summed E-state index contributed by atoms with van der Waals surface area (Å²) in [5.74, 6) is 1.24. The molecule has 0 aromatic heterocycles. The molecule has 0 aliphatic carbocycles. The van der Waals surface area contributed by atoms with Crippen LogP contribution in [-0.4, -0.2) is 26.9 Å². The molecule has 0 bridgehead atoms. The van der Waals surface area contributed by atoms with Crippen molar-refractivity contribution in [3.8, 4) is 23.0 Å². The molecule has 1 heterocycles. The molecule has 3 rings (SSSR count). The molecule has 0 saturated heterocycles. The number of amides is 1.